The Morgan fingerprint density at radius 2 is 1.56 bits per heavy atom. The van der Waals surface area contributed by atoms with Crippen molar-refractivity contribution in [1.82, 2.24) is 0 Å². The summed E-state index contributed by atoms with van der Waals surface area (Å²) in [5, 5.41) is 9.07. The van der Waals surface area contributed by atoms with Crippen molar-refractivity contribution in [3.05, 3.63) is 41.0 Å². The number of Topliss-reactive ketones (excluding diaryl/α,β-unsaturated/α-hetero) is 1. The molecule has 1 aromatic rings. The second kappa shape index (κ2) is 10.6. The summed E-state index contributed by atoms with van der Waals surface area (Å²) in [6.45, 7) is 9.29. The Bertz CT molecular complexity index is 698. The van der Waals surface area contributed by atoms with Gasteiger partial charge in [-0.2, -0.15) is 0 Å². The molecule has 148 valence electrons. The molecule has 0 aliphatic rings. The zero-order valence-electron chi connectivity index (χ0n) is 16.6. The van der Waals surface area contributed by atoms with E-state index in [4.69, 9.17) is 14.6 Å². The number of ketones is 1. The fraction of sp³-hybridized carbons (Fsp3) is 0.476. The topological polar surface area (TPSA) is 89.9 Å². The van der Waals surface area contributed by atoms with E-state index in [2.05, 4.69) is 0 Å². The van der Waals surface area contributed by atoms with Gasteiger partial charge in [-0.1, -0.05) is 32.9 Å². The molecule has 0 atom stereocenters. The molecule has 0 saturated carbocycles. The van der Waals surface area contributed by atoms with Gasteiger partial charge < -0.3 is 14.6 Å². The van der Waals surface area contributed by atoms with E-state index >= 15 is 0 Å². The van der Waals surface area contributed by atoms with Gasteiger partial charge in [-0.25, -0.2) is 9.59 Å². The van der Waals surface area contributed by atoms with Crippen molar-refractivity contribution in [2.75, 3.05) is 13.2 Å². The molecule has 0 amide bonds. The lowest BCUT2D eigenvalue weighted by atomic mass is 9.88. The number of carbonyl (C=O) groups excluding carboxylic acids is 2. The molecule has 0 unspecified atom stereocenters. The van der Waals surface area contributed by atoms with Crippen LogP contribution in [0.25, 0.3) is 5.57 Å². The largest absolute Gasteiger partial charge is 0.478 e. The van der Waals surface area contributed by atoms with Crippen LogP contribution in [-0.4, -0.2) is 42.1 Å². The van der Waals surface area contributed by atoms with E-state index in [0.717, 1.165) is 6.42 Å². The van der Waals surface area contributed by atoms with Crippen LogP contribution in [0.3, 0.4) is 0 Å². The lowest BCUT2D eigenvalue weighted by Crippen LogP contribution is -2.25. The minimum atomic E-state index is -1.04. The van der Waals surface area contributed by atoms with Gasteiger partial charge in [0, 0.05) is 6.61 Å². The standard InChI is InChI=1S/C21H28O6/c1-6-11-26-12-17(22)19(21(25)27-14(4)5)18(13(2)3)15-7-9-16(10-8-15)20(23)24/h7-10,13-14H,6,11-12H2,1-5H3,(H,23,24). The predicted molar refractivity (Wildman–Crippen MR) is 103 cm³/mol. The molecule has 0 aromatic heterocycles. The Balaban J connectivity index is 3.45. The molecule has 0 fully saturated rings. The van der Waals surface area contributed by atoms with E-state index < -0.39 is 17.7 Å². The van der Waals surface area contributed by atoms with Gasteiger partial charge in [-0.15, -0.1) is 0 Å². The van der Waals surface area contributed by atoms with Crippen molar-refractivity contribution in [3.8, 4) is 0 Å². The van der Waals surface area contributed by atoms with Crippen LogP contribution < -0.4 is 0 Å². The van der Waals surface area contributed by atoms with Gasteiger partial charge in [0.15, 0.2) is 5.78 Å². The average molecular weight is 376 g/mol. The average Bonchev–Trinajstić information content (AvgIpc) is 2.58. The van der Waals surface area contributed by atoms with E-state index in [1.165, 1.54) is 12.1 Å². The second-order valence-corrected chi connectivity index (χ2v) is 6.76. The summed E-state index contributed by atoms with van der Waals surface area (Å²) in [6.07, 6.45) is 0.385. The molecule has 0 spiro atoms. The summed E-state index contributed by atoms with van der Waals surface area (Å²) in [7, 11) is 0. The van der Waals surface area contributed by atoms with Crippen molar-refractivity contribution < 1.29 is 29.0 Å². The van der Waals surface area contributed by atoms with Crippen LogP contribution in [0.2, 0.25) is 0 Å². The Morgan fingerprint density at radius 3 is 2.00 bits per heavy atom. The second-order valence-electron chi connectivity index (χ2n) is 6.76. The quantitative estimate of drug-likeness (QED) is 0.220. The number of ether oxygens (including phenoxy) is 2. The number of aromatic carboxylic acids is 1. The maximum absolute atomic E-state index is 12.8. The molecule has 6 heteroatoms. The first-order valence-corrected chi connectivity index (χ1v) is 9.08. The maximum atomic E-state index is 12.8. The number of benzene rings is 1. The van der Waals surface area contributed by atoms with Crippen LogP contribution in [0.5, 0.6) is 0 Å². The normalized spacial score (nSPS) is 12.1. The SMILES string of the molecule is CCCOCC(=O)C(C(=O)OC(C)C)=C(c1ccc(C(=O)O)cc1)C(C)C. The summed E-state index contributed by atoms with van der Waals surface area (Å²) in [5.41, 5.74) is 1.21. The lowest BCUT2D eigenvalue weighted by molar-refractivity contribution is -0.144. The summed E-state index contributed by atoms with van der Waals surface area (Å²) < 4.78 is 10.6. The highest BCUT2D eigenvalue weighted by atomic mass is 16.5. The first kappa shape index (κ1) is 22.6. The fourth-order valence-electron chi connectivity index (χ4n) is 2.59. The molecule has 0 saturated heterocycles. The number of rotatable bonds is 10. The molecule has 0 aliphatic heterocycles. The zero-order chi connectivity index (χ0) is 20.6. The molecule has 0 aliphatic carbocycles. The monoisotopic (exact) mass is 376 g/mol. The van der Waals surface area contributed by atoms with Gasteiger partial charge in [0.05, 0.1) is 11.7 Å². The number of carboxylic acids is 1. The van der Waals surface area contributed by atoms with Crippen LogP contribution in [-0.2, 0) is 19.1 Å². The number of allylic oxidation sites excluding steroid dienone is 1. The smallest absolute Gasteiger partial charge is 0.342 e. The van der Waals surface area contributed by atoms with Crippen LogP contribution >= 0.6 is 0 Å². The molecule has 6 nitrogen and oxygen atoms in total. The number of esters is 1. The molecule has 27 heavy (non-hydrogen) atoms. The van der Waals surface area contributed by atoms with E-state index in [9.17, 15) is 14.4 Å². The predicted octanol–water partition coefficient (Wildman–Crippen LogP) is 3.74. The fourth-order valence-corrected chi connectivity index (χ4v) is 2.59. The van der Waals surface area contributed by atoms with Gasteiger partial charge in [0.2, 0.25) is 0 Å². The van der Waals surface area contributed by atoms with Gasteiger partial charge in [0.25, 0.3) is 0 Å². The first-order valence-electron chi connectivity index (χ1n) is 9.08. The molecule has 1 aromatic carbocycles. The number of hydrogen-bond donors (Lipinski definition) is 1. The highest BCUT2D eigenvalue weighted by Gasteiger charge is 2.27. The number of hydrogen-bond acceptors (Lipinski definition) is 5. The lowest BCUT2D eigenvalue weighted by Gasteiger charge is -2.19. The summed E-state index contributed by atoms with van der Waals surface area (Å²) >= 11 is 0. The van der Waals surface area contributed by atoms with Gasteiger partial charge in [0.1, 0.15) is 12.2 Å². The third-order valence-corrected chi connectivity index (χ3v) is 3.70. The van der Waals surface area contributed by atoms with Gasteiger partial charge >= 0.3 is 11.9 Å². The minimum Gasteiger partial charge on any atom is -0.478 e. The van der Waals surface area contributed by atoms with Crippen LogP contribution in [0, 0.1) is 5.92 Å². The zero-order valence-corrected chi connectivity index (χ0v) is 16.6. The van der Waals surface area contributed by atoms with E-state index in [0.29, 0.717) is 17.7 Å². The van der Waals surface area contributed by atoms with E-state index in [1.54, 1.807) is 26.0 Å². The third kappa shape index (κ3) is 6.64. The Morgan fingerprint density at radius 1 is 1.00 bits per heavy atom. The van der Waals surface area contributed by atoms with Crippen molar-refractivity contribution in [3.63, 3.8) is 0 Å². The molecule has 0 radical (unpaired) electrons. The molecular weight excluding hydrogens is 348 g/mol. The Kier molecular flexibility index (Phi) is 8.88. The van der Waals surface area contributed by atoms with Crippen LogP contribution in [0.15, 0.2) is 29.8 Å². The number of carboxylic acid groups (broad SMARTS) is 1. The van der Waals surface area contributed by atoms with Crippen molar-refractivity contribution in [2.45, 2.75) is 47.1 Å². The summed E-state index contributed by atoms with van der Waals surface area (Å²) in [5.74, 6) is -2.34. The minimum absolute atomic E-state index is 0.0436. The molecular formula is C21H28O6. The van der Waals surface area contributed by atoms with Crippen molar-refractivity contribution in [1.29, 1.82) is 0 Å². The van der Waals surface area contributed by atoms with Crippen LogP contribution in [0.4, 0.5) is 0 Å². The Labute approximate surface area is 160 Å². The van der Waals surface area contributed by atoms with Crippen molar-refractivity contribution >= 4 is 23.3 Å². The Hall–Kier alpha value is -2.47. The molecule has 0 bridgehead atoms. The van der Waals surface area contributed by atoms with Gasteiger partial charge in [-0.3, -0.25) is 4.79 Å². The summed E-state index contributed by atoms with van der Waals surface area (Å²) in [4.78, 5) is 36.5. The van der Waals surface area contributed by atoms with Crippen LogP contribution in [0.1, 0.15) is 57.0 Å². The third-order valence-electron chi connectivity index (χ3n) is 3.70. The van der Waals surface area contributed by atoms with E-state index in [1.807, 2.05) is 20.8 Å². The number of carbonyl (C=O) groups is 3. The first-order chi connectivity index (χ1) is 12.7. The highest BCUT2D eigenvalue weighted by Crippen LogP contribution is 2.29. The molecule has 1 N–H and O–H groups in total. The van der Waals surface area contributed by atoms with E-state index in [-0.39, 0.29) is 29.8 Å². The molecule has 1 rings (SSSR count). The van der Waals surface area contributed by atoms with Gasteiger partial charge in [-0.05, 0) is 49.5 Å². The van der Waals surface area contributed by atoms with Crippen molar-refractivity contribution in [2.24, 2.45) is 5.92 Å². The maximum Gasteiger partial charge on any atom is 0.342 e. The molecule has 0 heterocycles. The highest BCUT2D eigenvalue weighted by molar-refractivity contribution is 6.23. The summed E-state index contributed by atoms with van der Waals surface area (Å²) in [6, 6.07) is 6.09.